The highest BCUT2D eigenvalue weighted by Gasteiger charge is 2.21. The second-order valence-corrected chi connectivity index (χ2v) is 9.24. The number of hydrogen-bond donors (Lipinski definition) is 0. The van der Waals surface area contributed by atoms with E-state index >= 15 is 0 Å². The summed E-state index contributed by atoms with van der Waals surface area (Å²) in [4.78, 5) is 0. The Morgan fingerprint density at radius 3 is 2.21 bits per heavy atom. The van der Waals surface area contributed by atoms with Crippen LogP contribution in [0.25, 0.3) is 0 Å². The van der Waals surface area contributed by atoms with Gasteiger partial charge in [0.1, 0.15) is 0 Å². The summed E-state index contributed by atoms with van der Waals surface area (Å²) in [6.45, 7) is 4.60. The van der Waals surface area contributed by atoms with Gasteiger partial charge < -0.3 is 0 Å². The number of unbranched alkanes of at least 4 members (excludes halogenated alkanes) is 2. The predicted molar refractivity (Wildman–Crippen MR) is 122 cm³/mol. The van der Waals surface area contributed by atoms with Crippen molar-refractivity contribution in [2.24, 2.45) is 11.8 Å². The van der Waals surface area contributed by atoms with Crippen LogP contribution in [0.4, 0.5) is 0 Å². The Bertz CT molecular complexity index is 658. The highest BCUT2D eigenvalue weighted by atomic mass is 14.3. The highest BCUT2D eigenvalue weighted by Crippen LogP contribution is 2.37. The van der Waals surface area contributed by atoms with Gasteiger partial charge in [-0.15, -0.1) is 0 Å². The quantitative estimate of drug-likeness (QED) is 0.331. The van der Waals surface area contributed by atoms with Gasteiger partial charge in [-0.3, -0.25) is 0 Å². The number of hydrogen-bond acceptors (Lipinski definition) is 0. The number of benzene rings is 1. The number of allylic oxidation sites excluding steroid dienone is 2. The van der Waals surface area contributed by atoms with E-state index in [4.69, 9.17) is 0 Å². The molecule has 1 aromatic carbocycles. The second kappa shape index (κ2) is 11.5. The lowest BCUT2D eigenvalue weighted by Gasteiger charge is -2.29. The van der Waals surface area contributed by atoms with Crippen molar-refractivity contribution >= 4 is 0 Å². The van der Waals surface area contributed by atoms with Crippen molar-refractivity contribution in [3.05, 3.63) is 47.0 Å². The molecule has 1 atom stereocenters. The first-order valence-electron chi connectivity index (χ1n) is 12.1. The summed E-state index contributed by atoms with van der Waals surface area (Å²) in [5.41, 5.74) is 4.07. The van der Waals surface area contributed by atoms with Crippen LogP contribution in [-0.4, -0.2) is 0 Å². The van der Waals surface area contributed by atoms with E-state index in [2.05, 4.69) is 56.0 Å². The molecule has 152 valence electrons. The molecule has 0 amide bonds. The van der Waals surface area contributed by atoms with Crippen LogP contribution < -0.4 is 0 Å². The van der Waals surface area contributed by atoms with Gasteiger partial charge in [-0.2, -0.15) is 0 Å². The zero-order valence-electron chi connectivity index (χ0n) is 18.3. The molecule has 0 aliphatic heterocycles. The van der Waals surface area contributed by atoms with Gasteiger partial charge in [-0.05, 0) is 86.0 Å². The van der Waals surface area contributed by atoms with Gasteiger partial charge in [-0.1, -0.05) is 82.4 Å². The summed E-state index contributed by atoms with van der Waals surface area (Å²) in [6, 6.07) is 9.19. The van der Waals surface area contributed by atoms with Crippen LogP contribution in [0.1, 0.15) is 114 Å². The van der Waals surface area contributed by atoms with Crippen molar-refractivity contribution in [2.45, 2.75) is 103 Å². The first-order valence-corrected chi connectivity index (χ1v) is 12.1. The molecule has 1 unspecified atom stereocenters. The van der Waals surface area contributed by atoms with Gasteiger partial charge >= 0.3 is 0 Å². The predicted octanol–water partition coefficient (Wildman–Crippen LogP) is 8.42. The molecule has 2 aliphatic carbocycles. The van der Waals surface area contributed by atoms with Crippen molar-refractivity contribution in [1.29, 1.82) is 0 Å². The largest absolute Gasteiger partial charge is 0.0726 e. The van der Waals surface area contributed by atoms with Crippen molar-refractivity contribution in [3.63, 3.8) is 0 Å². The summed E-state index contributed by atoms with van der Waals surface area (Å²) in [5, 5.41) is 0. The van der Waals surface area contributed by atoms with Gasteiger partial charge in [0, 0.05) is 5.56 Å². The Hall–Kier alpha value is -1.48. The summed E-state index contributed by atoms with van der Waals surface area (Å²) in [7, 11) is 0. The molecule has 0 nitrogen and oxygen atoms in total. The molecule has 0 radical (unpaired) electrons. The molecule has 2 aliphatic rings. The van der Waals surface area contributed by atoms with E-state index in [0.717, 1.165) is 17.8 Å². The van der Waals surface area contributed by atoms with Gasteiger partial charge in [0.2, 0.25) is 0 Å². The third kappa shape index (κ3) is 6.55. The normalized spacial score (nSPS) is 24.9. The lowest BCUT2D eigenvalue weighted by molar-refractivity contribution is 0.303. The number of rotatable bonds is 7. The van der Waals surface area contributed by atoms with Crippen molar-refractivity contribution in [1.82, 2.24) is 0 Å². The van der Waals surface area contributed by atoms with E-state index in [-0.39, 0.29) is 0 Å². The maximum Gasteiger partial charge on any atom is 0.0249 e. The Morgan fingerprint density at radius 2 is 1.57 bits per heavy atom. The molecule has 0 spiro atoms. The van der Waals surface area contributed by atoms with E-state index in [1.54, 1.807) is 0 Å². The Labute approximate surface area is 174 Å². The van der Waals surface area contributed by atoms with Crippen LogP contribution in [-0.2, 0) is 0 Å². The summed E-state index contributed by atoms with van der Waals surface area (Å²) < 4.78 is 0. The van der Waals surface area contributed by atoms with Crippen LogP contribution in [0, 0.1) is 23.7 Å². The average Bonchev–Trinajstić information content (AvgIpc) is 2.75. The fourth-order valence-electron chi connectivity index (χ4n) is 5.13. The van der Waals surface area contributed by atoms with E-state index in [0.29, 0.717) is 0 Å². The third-order valence-corrected chi connectivity index (χ3v) is 7.03. The molecular weight excluding hydrogens is 336 g/mol. The maximum absolute atomic E-state index is 3.44. The van der Waals surface area contributed by atoms with Gasteiger partial charge in [0.15, 0.2) is 0 Å². The zero-order chi connectivity index (χ0) is 19.6. The average molecular weight is 377 g/mol. The molecule has 0 heterocycles. The Balaban J connectivity index is 1.47. The molecule has 28 heavy (non-hydrogen) atoms. The lowest BCUT2D eigenvalue weighted by atomic mass is 9.77. The molecule has 0 bridgehead atoms. The van der Waals surface area contributed by atoms with E-state index in [1.165, 1.54) is 100 Å². The fourth-order valence-corrected chi connectivity index (χ4v) is 5.13. The van der Waals surface area contributed by atoms with Crippen molar-refractivity contribution < 1.29 is 0 Å². The molecule has 0 saturated heterocycles. The first kappa shape index (κ1) is 21.2. The van der Waals surface area contributed by atoms with Crippen LogP contribution in [0.5, 0.6) is 0 Å². The minimum absolute atomic E-state index is 0.779. The second-order valence-electron chi connectivity index (χ2n) is 9.24. The Morgan fingerprint density at radius 1 is 0.786 bits per heavy atom. The summed E-state index contributed by atoms with van der Waals surface area (Å²) >= 11 is 0. The smallest absolute Gasteiger partial charge is 0.0249 e. The van der Waals surface area contributed by atoms with Crippen LogP contribution >= 0.6 is 0 Å². The molecule has 0 aromatic heterocycles. The summed E-state index contributed by atoms with van der Waals surface area (Å²) in [6.07, 6.45) is 20.1. The molecular formula is C28H40. The fraction of sp³-hybridized carbons (Fsp3) is 0.643. The van der Waals surface area contributed by atoms with Gasteiger partial charge in [-0.25, -0.2) is 0 Å². The molecule has 0 N–H and O–H groups in total. The zero-order valence-corrected chi connectivity index (χ0v) is 18.3. The molecule has 1 saturated carbocycles. The molecule has 3 rings (SSSR count). The first-order chi connectivity index (χ1) is 13.8. The topological polar surface area (TPSA) is 0 Å². The minimum Gasteiger partial charge on any atom is -0.0726 e. The van der Waals surface area contributed by atoms with Crippen molar-refractivity contribution in [3.8, 4) is 11.8 Å². The van der Waals surface area contributed by atoms with Gasteiger partial charge in [0.05, 0.1) is 0 Å². The van der Waals surface area contributed by atoms with Crippen LogP contribution in [0.15, 0.2) is 35.9 Å². The van der Waals surface area contributed by atoms with Gasteiger partial charge in [0.25, 0.3) is 0 Å². The monoisotopic (exact) mass is 376 g/mol. The van der Waals surface area contributed by atoms with Crippen LogP contribution in [0.3, 0.4) is 0 Å². The molecule has 0 heteroatoms. The minimum atomic E-state index is 0.779. The molecule has 1 fully saturated rings. The third-order valence-electron chi connectivity index (χ3n) is 7.03. The Kier molecular flexibility index (Phi) is 8.72. The standard InChI is InChI=1S/C28H40/c1-3-5-6-8-24-15-19-27(20-16-24)28-21-17-26(18-22-28)14-13-25-11-9-23(7-4-2)10-12-25/h11,17-18,21-24,27H,3-10,12,15-16,19-20H2,1-2H3. The lowest BCUT2D eigenvalue weighted by Crippen LogP contribution is -2.13. The maximum atomic E-state index is 3.44. The SMILES string of the molecule is CCCCCC1CCC(c2ccc(C#CC3=CCC(CCC)CC3)cc2)CC1. The van der Waals surface area contributed by atoms with Crippen LogP contribution in [0.2, 0.25) is 0 Å². The summed E-state index contributed by atoms with van der Waals surface area (Å²) in [5.74, 6) is 9.52. The van der Waals surface area contributed by atoms with E-state index < -0.39 is 0 Å². The highest BCUT2D eigenvalue weighted by molar-refractivity contribution is 5.42. The molecule has 1 aromatic rings. The van der Waals surface area contributed by atoms with Crippen molar-refractivity contribution in [2.75, 3.05) is 0 Å². The van der Waals surface area contributed by atoms with E-state index in [9.17, 15) is 0 Å². The van der Waals surface area contributed by atoms with E-state index in [1.807, 2.05) is 0 Å².